The number of hydrogen-bond acceptors (Lipinski definition) is 8. The molecule has 0 saturated carbocycles. The summed E-state index contributed by atoms with van der Waals surface area (Å²) in [6, 6.07) is 14.5. The van der Waals surface area contributed by atoms with Gasteiger partial charge in [-0.25, -0.2) is 8.78 Å². The Morgan fingerprint density at radius 2 is 1.64 bits per heavy atom. The van der Waals surface area contributed by atoms with Crippen molar-refractivity contribution in [2.45, 2.75) is 57.9 Å². The van der Waals surface area contributed by atoms with Gasteiger partial charge in [0.1, 0.15) is 16.9 Å². The molecule has 1 heterocycles. The molecule has 55 heavy (non-hydrogen) atoms. The van der Waals surface area contributed by atoms with Crippen molar-refractivity contribution in [3.8, 4) is 11.1 Å². The second-order valence-corrected chi connectivity index (χ2v) is 16.1. The molecule has 2 aromatic carbocycles. The van der Waals surface area contributed by atoms with E-state index in [0.29, 0.717) is 37.4 Å². The van der Waals surface area contributed by atoms with E-state index in [4.69, 9.17) is 10.8 Å². The Kier molecular flexibility index (Phi) is 18.2. The van der Waals surface area contributed by atoms with Crippen LogP contribution in [0.4, 0.5) is 8.78 Å². The number of amides is 4. The minimum absolute atomic E-state index is 0.0984. The molecule has 6 N–H and O–H groups in total. The first-order chi connectivity index (χ1) is 26.1. The highest BCUT2D eigenvalue weighted by molar-refractivity contribution is 8.00. The lowest BCUT2D eigenvalue weighted by atomic mass is 9.83. The number of hydrogen-bond donors (Lipinski definition) is 5. The number of aliphatic carboxylic acids is 1. The molecule has 12 nitrogen and oxygen atoms in total. The van der Waals surface area contributed by atoms with Crippen LogP contribution in [-0.2, 0) is 30.5 Å². The first-order valence-electron chi connectivity index (χ1n) is 18.0. The van der Waals surface area contributed by atoms with Crippen molar-refractivity contribution in [3.63, 3.8) is 0 Å². The first-order valence-corrected chi connectivity index (χ1v) is 20.4. The van der Waals surface area contributed by atoms with E-state index < -0.39 is 46.1 Å². The van der Waals surface area contributed by atoms with Gasteiger partial charge in [-0.05, 0) is 54.5 Å². The number of carbonyl (C=O) groups is 5. The lowest BCUT2D eigenvalue weighted by Gasteiger charge is -2.41. The fourth-order valence-electron chi connectivity index (χ4n) is 5.92. The molecule has 1 aromatic heterocycles. The quantitative estimate of drug-likeness (QED) is 0.0922. The van der Waals surface area contributed by atoms with Gasteiger partial charge < -0.3 is 36.3 Å². The van der Waals surface area contributed by atoms with Crippen LogP contribution in [-0.4, -0.2) is 99.9 Å². The van der Waals surface area contributed by atoms with Crippen molar-refractivity contribution in [2.24, 2.45) is 11.1 Å². The number of aromatic nitrogens is 1. The smallest absolute Gasteiger partial charge is 0.317 e. The average Bonchev–Trinajstić information content (AvgIpc) is 3.54. The molecule has 0 radical (unpaired) electrons. The number of carboxylic acids is 1. The third-order valence-corrected chi connectivity index (χ3v) is 10.4. The SMILES string of the molecule is CSC(CC(=O)NCC(=O)NCCNC(=O)CCSCC(=O)N(CCCN)[C@@H](c1cc(-c2cc(F)ccc2F)cn1Cc1ccccc1)C(C)(C)C)C(=O)O. The van der Waals surface area contributed by atoms with Crippen LogP contribution in [0, 0.1) is 17.0 Å². The van der Waals surface area contributed by atoms with Crippen molar-refractivity contribution in [2.75, 3.05) is 50.5 Å². The van der Waals surface area contributed by atoms with Crippen molar-refractivity contribution in [1.82, 2.24) is 25.4 Å². The van der Waals surface area contributed by atoms with Gasteiger partial charge in [0.25, 0.3) is 0 Å². The van der Waals surface area contributed by atoms with Gasteiger partial charge in [0.2, 0.25) is 23.6 Å². The second-order valence-electron chi connectivity index (χ2n) is 13.9. The summed E-state index contributed by atoms with van der Waals surface area (Å²) in [6.07, 6.45) is 3.81. The predicted octanol–water partition coefficient (Wildman–Crippen LogP) is 4.42. The Balaban J connectivity index is 1.63. The largest absolute Gasteiger partial charge is 0.480 e. The van der Waals surface area contributed by atoms with Gasteiger partial charge in [-0.2, -0.15) is 11.8 Å². The molecule has 0 saturated heterocycles. The zero-order valence-electron chi connectivity index (χ0n) is 31.7. The standard InChI is InChI=1S/C39H52F2N6O6S2/c1-39(2,3)37(31-19-27(29-20-28(40)11-12-30(29)41)24-46(31)23-26-9-6-5-7-10-26)47(17-8-14-42)36(51)25-55-18-13-33(48)43-15-16-44-35(50)22-45-34(49)21-32(54-4)38(52)53/h5-7,9-12,19-20,24,32,37H,8,13-18,21-23,25,42H2,1-4H3,(H,43,48)(H,44,50)(H,45,49)(H,52,53)/t32?,37-/m0/s1. The maximum Gasteiger partial charge on any atom is 0.317 e. The van der Waals surface area contributed by atoms with Crippen LogP contribution in [0.1, 0.15) is 57.3 Å². The summed E-state index contributed by atoms with van der Waals surface area (Å²) in [5.74, 6) is -3.20. The van der Waals surface area contributed by atoms with Gasteiger partial charge in [0.05, 0.1) is 18.3 Å². The van der Waals surface area contributed by atoms with Crippen LogP contribution >= 0.6 is 23.5 Å². The van der Waals surface area contributed by atoms with Crippen molar-refractivity contribution >= 4 is 53.1 Å². The fourth-order valence-corrected chi connectivity index (χ4v) is 7.26. The summed E-state index contributed by atoms with van der Waals surface area (Å²) in [5, 5.41) is 15.8. The maximum atomic E-state index is 15.0. The van der Waals surface area contributed by atoms with Crippen LogP contribution in [0.2, 0.25) is 0 Å². The Labute approximate surface area is 329 Å². The van der Waals surface area contributed by atoms with Crippen LogP contribution in [0.25, 0.3) is 11.1 Å². The minimum atomic E-state index is -1.11. The number of rotatable bonds is 22. The lowest BCUT2D eigenvalue weighted by Crippen LogP contribution is -2.44. The van der Waals surface area contributed by atoms with Crippen molar-refractivity contribution < 1.29 is 37.9 Å². The number of nitrogens with zero attached hydrogens (tertiary/aromatic N) is 2. The molecule has 4 amide bonds. The number of carboxylic acid groups (broad SMARTS) is 1. The molecular formula is C39H52F2N6O6S2. The van der Waals surface area contributed by atoms with Gasteiger partial charge in [0, 0.05) is 67.8 Å². The second kappa shape index (κ2) is 22.2. The van der Waals surface area contributed by atoms with Crippen LogP contribution in [0.3, 0.4) is 0 Å². The minimum Gasteiger partial charge on any atom is -0.480 e. The summed E-state index contributed by atoms with van der Waals surface area (Å²) < 4.78 is 31.3. The van der Waals surface area contributed by atoms with Gasteiger partial charge in [-0.3, -0.25) is 24.0 Å². The molecule has 0 spiro atoms. The summed E-state index contributed by atoms with van der Waals surface area (Å²) in [6.45, 7) is 7.22. The van der Waals surface area contributed by atoms with Crippen molar-refractivity contribution in [3.05, 3.63) is 83.7 Å². The van der Waals surface area contributed by atoms with Gasteiger partial charge in [0.15, 0.2) is 0 Å². The molecule has 300 valence electrons. The molecule has 2 atom stereocenters. The molecule has 0 bridgehead atoms. The third-order valence-electron chi connectivity index (χ3n) is 8.55. The average molecular weight is 803 g/mol. The normalized spacial score (nSPS) is 12.4. The van der Waals surface area contributed by atoms with E-state index in [2.05, 4.69) is 16.0 Å². The van der Waals surface area contributed by atoms with E-state index in [1.807, 2.05) is 61.7 Å². The fraction of sp³-hybridized carbons (Fsp3) is 0.462. The molecule has 1 unspecified atom stereocenters. The molecule has 3 rings (SSSR count). The number of carbonyl (C=O) groups excluding carboxylic acids is 4. The molecule has 3 aromatic rings. The summed E-state index contributed by atoms with van der Waals surface area (Å²) >= 11 is 2.35. The van der Waals surface area contributed by atoms with E-state index in [-0.39, 0.29) is 55.6 Å². The van der Waals surface area contributed by atoms with E-state index >= 15 is 4.39 Å². The van der Waals surface area contributed by atoms with Gasteiger partial charge >= 0.3 is 5.97 Å². The highest BCUT2D eigenvalue weighted by Gasteiger charge is 2.37. The Morgan fingerprint density at radius 1 is 0.945 bits per heavy atom. The third kappa shape index (κ3) is 14.6. The van der Waals surface area contributed by atoms with E-state index in [1.165, 1.54) is 17.8 Å². The maximum absolute atomic E-state index is 15.0. The number of nitrogens with one attached hydrogen (secondary N) is 3. The van der Waals surface area contributed by atoms with Crippen LogP contribution in [0.5, 0.6) is 0 Å². The van der Waals surface area contributed by atoms with Crippen LogP contribution in [0.15, 0.2) is 60.8 Å². The molecule has 0 fully saturated rings. The first kappa shape index (κ1) is 45.0. The highest BCUT2D eigenvalue weighted by atomic mass is 32.2. The number of benzene rings is 2. The Hall–Kier alpha value is -4.41. The van der Waals surface area contributed by atoms with E-state index in [0.717, 1.165) is 35.2 Å². The van der Waals surface area contributed by atoms with E-state index in [1.54, 1.807) is 17.4 Å². The molecular weight excluding hydrogens is 751 g/mol. The van der Waals surface area contributed by atoms with Gasteiger partial charge in [-0.15, -0.1) is 11.8 Å². The summed E-state index contributed by atoms with van der Waals surface area (Å²) in [4.78, 5) is 63.3. The highest BCUT2D eigenvalue weighted by Crippen LogP contribution is 2.41. The van der Waals surface area contributed by atoms with Crippen LogP contribution < -0.4 is 21.7 Å². The number of nitrogens with two attached hydrogens (primary N) is 1. The number of thioether (sulfide) groups is 2. The predicted molar refractivity (Wildman–Crippen MR) is 213 cm³/mol. The summed E-state index contributed by atoms with van der Waals surface area (Å²) in [7, 11) is 0. The molecule has 0 aliphatic heterocycles. The summed E-state index contributed by atoms with van der Waals surface area (Å²) in [5.41, 5.74) is 7.81. The molecule has 16 heteroatoms. The lowest BCUT2D eigenvalue weighted by molar-refractivity contribution is -0.138. The Bertz CT molecular complexity index is 1750. The zero-order valence-corrected chi connectivity index (χ0v) is 33.4. The monoisotopic (exact) mass is 802 g/mol. The van der Waals surface area contributed by atoms with Gasteiger partial charge in [-0.1, -0.05) is 51.1 Å². The number of halogens is 2. The zero-order chi connectivity index (χ0) is 40.5. The molecule has 0 aliphatic carbocycles. The molecule has 0 aliphatic rings. The van der Waals surface area contributed by atoms with E-state index in [9.17, 15) is 28.4 Å². The Morgan fingerprint density at radius 3 is 2.27 bits per heavy atom. The topological polar surface area (TPSA) is 176 Å². The van der Waals surface area contributed by atoms with Crippen molar-refractivity contribution in [1.29, 1.82) is 0 Å².